The lowest BCUT2D eigenvalue weighted by atomic mass is 10.2. The zero-order valence-corrected chi connectivity index (χ0v) is 17.7. The number of halogens is 1. The molecule has 0 aliphatic carbocycles. The second-order valence-electron chi connectivity index (χ2n) is 6.15. The van der Waals surface area contributed by atoms with Gasteiger partial charge in [0.15, 0.2) is 0 Å². The lowest BCUT2D eigenvalue weighted by Crippen LogP contribution is -2.41. The van der Waals surface area contributed by atoms with Gasteiger partial charge in [0, 0.05) is 24.5 Å². The Morgan fingerprint density at radius 3 is 2.64 bits per heavy atom. The largest absolute Gasteiger partial charge is 0.379 e. The van der Waals surface area contributed by atoms with Crippen LogP contribution in [0, 0.1) is 0 Å². The molecule has 6 nitrogen and oxygen atoms in total. The predicted octanol–water partition coefficient (Wildman–Crippen LogP) is 3.01. The van der Waals surface area contributed by atoms with Crippen molar-refractivity contribution in [2.75, 3.05) is 32.6 Å². The van der Waals surface area contributed by atoms with Crippen molar-refractivity contribution in [2.45, 2.75) is 16.3 Å². The second-order valence-corrected chi connectivity index (χ2v) is 9.35. The minimum atomic E-state index is -3.65. The van der Waals surface area contributed by atoms with Crippen LogP contribution in [0.2, 0.25) is 5.02 Å². The van der Waals surface area contributed by atoms with E-state index in [9.17, 15) is 13.2 Å². The molecule has 0 bridgehead atoms. The molecule has 1 fully saturated rings. The Morgan fingerprint density at radius 1 is 1.21 bits per heavy atom. The third kappa shape index (κ3) is 4.69. The molecule has 150 valence electrons. The second kappa shape index (κ2) is 9.28. The number of nitrogens with one attached hydrogen (secondary N) is 1. The van der Waals surface area contributed by atoms with Crippen LogP contribution in [0.1, 0.15) is 15.9 Å². The highest BCUT2D eigenvalue weighted by atomic mass is 35.5. The molecule has 0 saturated carbocycles. The quantitative estimate of drug-likeness (QED) is 0.699. The summed E-state index contributed by atoms with van der Waals surface area (Å²) >= 11 is 7.66. The molecule has 1 amide bonds. The van der Waals surface area contributed by atoms with Crippen LogP contribution >= 0.6 is 23.4 Å². The normalized spacial score (nSPS) is 15.4. The van der Waals surface area contributed by atoms with E-state index in [1.54, 1.807) is 36.4 Å². The van der Waals surface area contributed by atoms with Crippen molar-refractivity contribution in [3.8, 4) is 0 Å². The smallest absolute Gasteiger partial charge is 0.253 e. The molecule has 28 heavy (non-hydrogen) atoms. The van der Waals surface area contributed by atoms with Gasteiger partial charge in [0.1, 0.15) is 0 Å². The maximum atomic E-state index is 13.0. The molecule has 1 aliphatic heterocycles. The van der Waals surface area contributed by atoms with E-state index in [0.717, 1.165) is 4.90 Å². The van der Waals surface area contributed by atoms with E-state index in [1.807, 2.05) is 12.3 Å². The van der Waals surface area contributed by atoms with Gasteiger partial charge in [-0.1, -0.05) is 29.8 Å². The van der Waals surface area contributed by atoms with Crippen molar-refractivity contribution in [2.24, 2.45) is 0 Å². The minimum Gasteiger partial charge on any atom is -0.379 e. The highest BCUT2D eigenvalue weighted by Gasteiger charge is 2.28. The van der Waals surface area contributed by atoms with Gasteiger partial charge in [-0.25, -0.2) is 8.42 Å². The molecule has 1 N–H and O–H groups in total. The molecular weight excluding hydrogens is 420 g/mol. The third-order valence-corrected chi connectivity index (χ3v) is 7.47. The fraction of sp³-hybridized carbons (Fsp3) is 0.316. The highest BCUT2D eigenvalue weighted by Crippen LogP contribution is 2.24. The van der Waals surface area contributed by atoms with Crippen molar-refractivity contribution in [1.82, 2.24) is 9.62 Å². The van der Waals surface area contributed by atoms with Crippen LogP contribution in [0.3, 0.4) is 0 Å². The maximum absolute atomic E-state index is 13.0. The number of hydrogen-bond donors (Lipinski definition) is 1. The van der Waals surface area contributed by atoms with E-state index in [-0.39, 0.29) is 17.3 Å². The predicted molar refractivity (Wildman–Crippen MR) is 110 cm³/mol. The Bertz CT molecular complexity index is 960. The number of morpholine rings is 1. The summed E-state index contributed by atoms with van der Waals surface area (Å²) in [6, 6.07) is 11.9. The fourth-order valence-corrected chi connectivity index (χ4v) is 5.18. The highest BCUT2D eigenvalue weighted by molar-refractivity contribution is 7.98. The molecule has 2 aromatic carbocycles. The Hall–Kier alpha value is -1.58. The van der Waals surface area contributed by atoms with E-state index < -0.39 is 10.0 Å². The number of ether oxygens (including phenoxy) is 1. The average Bonchev–Trinajstić information content (AvgIpc) is 2.73. The number of carbonyl (C=O) groups excluding carboxylic acids is 1. The van der Waals surface area contributed by atoms with Crippen molar-refractivity contribution < 1.29 is 17.9 Å². The van der Waals surface area contributed by atoms with Crippen molar-refractivity contribution in [1.29, 1.82) is 0 Å². The summed E-state index contributed by atoms with van der Waals surface area (Å²) in [7, 11) is -3.65. The van der Waals surface area contributed by atoms with Gasteiger partial charge >= 0.3 is 0 Å². The van der Waals surface area contributed by atoms with Gasteiger partial charge in [-0.3, -0.25) is 4.79 Å². The summed E-state index contributed by atoms with van der Waals surface area (Å²) < 4.78 is 32.6. The molecule has 1 aliphatic rings. The molecule has 3 rings (SSSR count). The van der Waals surface area contributed by atoms with Crippen LogP contribution in [0.25, 0.3) is 0 Å². The summed E-state index contributed by atoms with van der Waals surface area (Å²) in [6.07, 6.45) is 1.91. The first-order valence-corrected chi connectivity index (χ1v) is 11.8. The van der Waals surface area contributed by atoms with Crippen LogP contribution in [0.4, 0.5) is 0 Å². The van der Waals surface area contributed by atoms with Gasteiger partial charge in [0.2, 0.25) is 10.0 Å². The first-order chi connectivity index (χ1) is 13.4. The first kappa shape index (κ1) is 21.1. The summed E-state index contributed by atoms with van der Waals surface area (Å²) in [4.78, 5) is 13.7. The van der Waals surface area contributed by atoms with E-state index >= 15 is 0 Å². The summed E-state index contributed by atoms with van der Waals surface area (Å²) in [5, 5.41) is 3.13. The zero-order chi connectivity index (χ0) is 20.1. The molecule has 2 aromatic rings. The number of hydrogen-bond acceptors (Lipinski definition) is 5. The molecule has 0 unspecified atom stereocenters. The number of benzene rings is 2. The monoisotopic (exact) mass is 440 g/mol. The van der Waals surface area contributed by atoms with Gasteiger partial charge in [0.25, 0.3) is 5.91 Å². The number of rotatable bonds is 6. The van der Waals surface area contributed by atoms with E-state index in [4.69, 9.17) is 16.3 Å². The van der Waals surface area contributed by atoms with Gasteiger partial charge < -0.3 is 10.1 Å². The maximum Gasteiger partial charge on any atom is 0.253 e. The molecule has 1 heterocycles. The van der Waals surface area contributed by atoms with Crippen LogP contribution < -0.4 is 5.32 Å². The van der Waals surface area contributed by atoms with Crippen molar-refractivity contribution in [3.63, 3.8) is 0 Å². The van der Waals surface area contributed by atoms with E-state index in [0.29, 0.717) is 42.5 Å². The molecule has 1 saturated heterocycles. The third-order valence-electron chi connectivity index (χ3n) is 4.42. The lowest BCUT2D eigenvalue weighted by molar-refractivity contribution is 0.0730. The van der Waals surface area contributed by atoms with Gasteiger partial charge in [-0.05, 0) is 36.1 Å². The van der Waals surface area contributed by atoms with E-state index in [1.165, 1.54) is 16.1 Å². The minimum absolute atomic E-state index is 0.0817. The van der Waals surface area contributed by atoms with Crippen LogP contribution in [0.15, 0.2) is 52.3 Å². The molecule has 0 spiro atoms. The zero-order valence-electron chi connectivity index (χ0n) is 15.4. The topological polar surface area (TPSA) is 75.7 Å². The number of sulfonamides is 1. The van der Waals surface area contributed by atoms with Gasteiger partial charge in [-0.15, -0.1) is 11.8 Å². The lowest BCUT2D eigenvalue weighted by Gasteiger charge is -2.27. The number of nitrogens with zero attached hydrogens (tertiary/aromatic N) is 1. The molecular formula is C19H21ClN2O4S2. The Kier molecular flexibility index (Phi) is 7.00. The number of amides is 1. The Morgan fingerprint density at radius 2 is 1.93 bits per heavy atom. The Balaban J connectivity index is 1.80. The van der Waals surface area contributed by atoms with Gasteiger partial charge in [0.05, 0.1) is 28.7 Å². The standard InChI is InChI=1S/C19H21ClN2O4S2/c1-27-15-6-7-17(20)16(12-15)19(23)21-13-14-4-2-3-5-18(14)28(24,25)22-8-10-26-11-9-22/h2-7,12H,8-11,13H2,1H3,(H,21,23). The van der Waals surface area contributed by atoms with Crippen LogP contribution in [0.5, 0.6) is 0 Å². The summed E-state index contributed by atoms with van der Waals surface area (Å²) in [5.74, 6) is -0.348. The summed E-state index contributed by atoms with van der Waals surface area (Å²) in [6.45, 7) is 1.48. The number of thioether (sulfide) groups is 1. The SMILES string of the molecule is CSc1ccc(Cl)c(C(=O)NCc2ccccc2S(=O)(=O)N2CCOCC2)c1. The van der Waals surface area contributed by atoms with Crippen LogP contribution in [-0.4, -0.2) is 51.2 Å². The molecule has 0 atom stereocenters. The van der Waals surface area contributed by atoms with Crippen molar-refractivity contribution in [3.05, 3.63) is 58.6 Å². The first-order valence-electron chi connectivity index (χ1n) is 8.71. The average molecular weight is 441 g/mol. The Labute approximate surface area is 174 Å². The molecule has 0 aromatic heterocycles. The summed E-state index contributed by atoms with van der Waals surface area (Å²) in [5.41, 5.74) is 0.890. The number of carbonyl (C=O) groups is 1. The van der Waals surface area contributed by atoms with Crippen LogP contribution in [-0.2, 0) is 21.3 Å². The molecule has 9 heteroatoms. The van der Waals surface area contributed by atoms with Crippen molar-refractivity contribution >= 4 is 39.3 Å². The van der Waals surface area contributed by atoms with Gasteiger partial charge in [-0.2, -0.15) is 4.31 Å². The van der Waals surface area contributed by atoms with E-state index in [2.05, 4.69) is 5.32 Å². The fourth-order valence-electron chi connectivity index (χ4n) is 2.90. The molecule has 0 radical (unpaired) electrons.